The van der Waals surface area contributed by atoms with E-state index in [2.05, 4.69) is 10.5 Å². The summed E-state index contributed by atoms with van der Waals surface area (Å²) in [6, 6.07) is 9.86. The first kappa shape index (κ1) is 17.1. The van der Waals surface area contributed by atoms with Crippen molar-refractivity contribution in [3.63, 3.8) is 0 Å². The molecule has 1 N–H and O–H groups in total. The molecule has 0 radical (unpaired) electrons. The lowest BCUT2D eigenvalue weighted by Gasteiger charge is -2.07. The summed E-state index contributed by atoms with van der Waals surface area (Å²) < 4.78 is 10.2. The standard InChI is InChI=1S/C16H14Cl2N2O3/c1-22-13-5-3-10(4-6-13)16(21)20-19-9-11-7-12(17)8-14(18)15(11)23-2/h3-9H,1-2H3,(H,20,21)/b19-9-. The number of halogens is 2. The summed E-state index contributed by atoms with van der Waals surface area (Å²) in [6.07, 6.45) is 1.41. The molecule has 0 fully saturated rings. The number of nitrogens with zero attached hydrogens (tertiary/aromatic N) is 1. The number of carbonyl (C=O) groups is 1. The highest BCUT2D eigenvalue weighted by Gasteiger charge is 2.08. The van der Waals surface area contributed by atoms with E-state index in [1.165, 1.54) is 13.3 Å². The van der Waals surface area contributed by atoms with E-state index in [0.717, 1.165) is 0 Å². The molecule has 0 aliphatic rings. The Hall–Kier alpha value is -2.24. The average molecular weight is 353 g/mol. The number of carbonyl (C=O) groups excluding carboxylic acids is 1. The summed E-state index contributed by atoms with van der Waals surface area (Å²) in [7, 11) is 3.05. The largest absolute Gasteiger partial charge is 0.497 e. The van der Waals surface area contributed by atoms with E-state index >= 15 is 0 Å². The van der Waals surface area contributed by atoms with Crippen LogP contribution in [0.25, 0.3) is 0 Å². The van der Waals surface area contributed by atoms with Crippen LogP contribution in [0.3, 0.4) is 0 Å². The number of hydrazone groups is 1. The maximum atomic E-state index is 12.0. The zero-order valence-corrected chi connectivity index (χ0v) is 14.0. The van der Waals surface area contributed by atoms with Gasteiger partial charge in [0, 0.05) is 16.1 Å². The number of ether oxygens (including phenoxy) is 2. The van der Waals surface area contributed by atoms with Crippen molar-refractivity contribution in [1.29, 1.82) is 0 Å². The first-order valence-electron chi connectivity index (χ1n) is 6.55. The van der Waals surface area contributed by atoms with Crippen molar-refractivity contribution < 1.29 is 14.3 Å². The molecule has 0 unspecified atom stereocenters. The number of hydrogen-bond acceptors (Lipinski definition) is 4. The van der Waals surface area contributed by atoms with Crippen LogP contribution in [0.2, 0.25) is 10.0 Å². The fraction of sp³-hybridized carbons (Fsp3) is 0.125. The first-order chi connectivity index (χ1) is 11.0. The molecule has 120 valence electrons. The van der Waals surface area contributed by atoms with Gasteiger partial charge in [-0.3, -0.25) is 4.79 Å². The maximum absolute atomic E-state index is 12.0. The summed E-state index contributed by atoms with van der Waals surface area (Å²) in [5, 5.41) is 4.71. The smallest absolute Gasteiger partial charge is 0.271 e. The quantitative estimate of drug-likeness (QED) is 0.658. The van der Waals surface area contributed by atoms with Crippen molar-refractivity contribution in [1.82, 2.24) is 5.43 Å². The zero-order chi connectivity index (χ0) is 16.8. The van der Waals surface area contributed by atoms with Gasteiger partial charge >= 0.3 is 0 Å². The summed E-state index contributed by atoms with van der Waals surface area (Å²) in [6.45, 7) is 0. The normalized spacial score (nSPS) is 10.6. The minimum absolute atomic E-state index is 0.351. The van der Waals surface area contributed by atoms with Gasteiger partial charge in [-0.25, -0.2) is 5.43 Å². The van der Waals surface area contributed by atoms with Crippen LogP contribution in [0, 0.1) is 0 Å². The summed E-state index contributed by atoms with van der Waals surface area (Å²) in [5.74, 6) is 0.748. The molecule has 0 aliphatic heterocycles. The summed E-state index contributed by atoms with van der Waals surface area (Å²) in [5.41, 5.74) is 3.44. The molecule has 2 rings (SSSR count). The molecule has 0 bridgehead atoms. The van der Waals surface area contributed by atoms with Crippen LogP contribution >= 0.6 is 23.2 Å². The molecule has 0 aromatic heterocycles. The Bertz CT molecular complexity index is 731. The van der Waals surface area contributed by atoms with Crippen LogP contribution < -0.4 is 14.9 Å². The lowest BCUT2D eigenvalue weighted by molar-refractivity contribution is 0.0955. The van der Waals surface area contributed by atoms with E-state index in [9.17, 15) is 4.79 Å². The molecule has 0 saturated carbocycles. The Labute approximate surface area is 143 Å². The van der Waals surface area contributed by atoms with E-state index in [4.69, 9.17) is 32.7 Å². The third kappa shape index (κ3) is 4.37. The van der Waals surface area contributed by atoms with Gasteiger partial charge in [0.25, 0.3) is 5.91 Å². The minimum Gasteiger partial charge on any atom is -0.497 e. The lowest BCUT2D eigenvalue weighted by Crippen LogP contribution is -2.17. The molecule has 23 heavy (non-hydrogen) atoms. The van der Waals surface area contributed by atoms with Gasteiger partial charge in [0.15, 0.2) is 0 Å². The highest BCUT2D eigenvalue weighted by molar-refractivity contribution is 6.36. The Balaban J connectivity index is 2.10. The Kier molecular flexibility index (Phi) is 5.84. The Morgan fingerprint density at radius 1 is 1.13 bits per heavy atom. The monoisotopic (exact) mass is 352 g/mol. The fourth-order valence-electron chi connectivity index (χ4n) is 1.86. The van der Waals surface area contributed by atoms with Crippen LogP contribution in [0.4, 0.5) is 0 Å². The summed E-state index contributed by atoms with van der Waals surface area (Å²) in [4.78, 5) is 12.0. The van der Waals surface area contributed by atoms with Crippen LogP contribution in [-0.4, -0.2) is 26.3 Å². The second-order valence-corrected chi connectivity index (χ2v) is 5.28. The molecule has 0 saturated heterocycles. The van der Waals surface area contributed by atoms with E-state index in [1.54, 1.807) is 43.5 Å². The third-order valence-corrected chi connectivity index (χ3v) is 3.46. The zero-order valence-electron chi connectivity index (χ0n) is 12.5. The van der Waals surface area contributed by atoms with Gasteiger partial charge in [0.05, 0.1) is 25.5 Å². The van der Waals surface area contributed by atoms with E-state index in [1.807, 2.05) is 0 Å². The Morgan fingerprint density at radius 2 is 1.83 bits per heavy atom. The van der Waals surface area contributed by atoms with Gasteiger partial charge in [-0.1, -0.05) is 23.2 Å². The molecule has 0 atom stereocenters. The molecule has 0 spiro atoms. The number of nitrogens with one attached hydrogen (secondary N) is 1. The molecule has 0 aliphatic carbocycles. The van der Waals surface area contributed by atoms with Crippen molar-refractivity contribution in [3.05, 3.63) is 57.6 Å². The van der Waals surface area contributed by atoms with Crippen LogP contribution in [0.15, 0.2) is 41.5 Å². The first-order valence-corrected chi connectivity index (χ1v) is 7.31. The molecule has 7 heteroatoms. The predicted octanol–water partition coefficient (Wildman–Crippen LogP) is 3.77. The second kappa shape index (κ2) is 7.85. The van der Waals surface area contributed by atoms with Crippen molar-refractivity contribution in [3.8, 4) is 11.5 Å². The number of methoxy groups -OCH3 is 2. The van der Waals surface area contributed by atoms with Gasteiger partial charge in [-0.05, 0) is 36.4 Å². The lowest BCUT2D eigenvalue weighted by atomic mass is 10.2. The van der Waals surface area contributed by atoms with Crippen molar-refractivity contribution in [2.75, 3.05) is 14.2 Å². The second-order valence-electron chi connectivity index (χ2n) is 4.44. The molecular formula is C16H14Cl2N2O3. The highest BCUT2D eigenvalue weighted by atomic mass is 35.5. The van der Waals surface area contributed by atoms with Gasteiger partial charge in [-0.15, -0.1) is 0 Å². The number of amides is 1. The summed E-state index contributed by atoms with van der Waals surface area (Å²) >= 11 is 12.0. The van der Waals surface area contributed by atoms with Crippen molar-refractivity contribution >= 4 is 35.3 Å². The topological polar surface area (TPSA) is 59.9 Å². The van der Waals surface area contributed by atoms with Crippen LogP contribution in [0.1, 0.15) is 15.9 Å². The van der Waals surface area contributed by atoms with Gasteiger partial charge in [0.2, 0.25) is 0 Å². The van der Waals surface area contributed by atoms with E-state index < -0.39 is 0 Å². The van der Waals surface area contributed by atoms with Crippen molar-refractivity contribution in [2.45, 2.75) is 0 Å². The Morgan fingerprint density at radius 3 is 2.43 bits per heavy atom. The van der Waals surface area contributed by atoms with Crippen LogP contribution in [0.5, 0.6) is 11.5 Å². The number of hydrogen-bond donors (Lipinski definition) is 1. The molecular weight excluding hydrogens is 339 g/mol. The maximum Gasteiger partial charge on any atom is 0.271 e. The van der Waals surface area contributed by atoms with E-state index in [-0.39, 0.29) is 5.91 Å². The number of rotatable bonds is 5. The van der Waals surface area contributed by atoms with Gasteiger partial charge in [-0.2, -0.15) is 5.10 Å². The predicted molar refractivity (Wildman–Crippen MR) is 91.1 cm³/mol. The van der Waals surface area contributed by atoms with Gasteiger partial charge in [0.1, 0.15) is 11.5 Å². The minimum atomic E-state index is -0.351. The average Bonchev–Trinajstić information content (AvgIpc) is 2.54. The van der Waals surface area contributed by atoms with Crippen LogP contribution in [-0.2, 0) is 0 Å². The number of benzene rings is 2. The highest BCUT2D eigenvalue weighted by Crippen LogP contribution is 2.31. The third-order valence-electron chi connectivity index (χ3n) is 2.96. The molecule has 1 amide bonds. The fourth-order valence-corrected chi connectivity index (χ4v) is 2.45. The molecule has 2 aromatic carbocycles. The van der Waals surface area contributed by atoms with E-state index in [0.29, 0.717) is 32.7 Å². The molecule has 0 heterocycles. The molecule has 2 aromatic rings. The molecule has 5 nitrogen and oxygen atoms in total. The SMILES string of the molecule is COc1ccc(C(=O)N/N=C\c2cc(Cl)cc(Cl)c2OC)cc1. The van der Waals surface area contributed by atoms with Gasteiger partial charge < -0.3 is 9.47 Å². The van der Waals surface area contributed by atoms with Crippen molar-refractivity contribution in [2.24, 2.45) is 5.10 Å².